The molecule has 0 saturated carbocycles. The normalized spacial score (nSPS) is 29.7. The fourth-order valence-corrected chi connectivity index (χ4v) is 2.10. The van der Waals surface area contributed by atoms with E-state index in [2.05, 4.69) is 22.0 Å². The average molecular weight is 180 g/mol. The Hall–Kier alpha value is -0.870. The number of nitrogens with zero attached hydrogens (tertiary/aromatic N) is 2. The number of aromatic amines is 1. The third kappa shape index (κ3) is 1.47. The summed E-state index contributed by atoms with van der Waals surface area (Å²) in [5, 5.41) is 6.96. The molecule has 1 aromatic rings. The molecule has 1 aliphatic heterocycles. The van der Waals surface area contributed by atoms with Gasteiger partial charge < -0.3 is 5.73 Å². The molecule has 2 heterocycles. The van der Waals surface area contributed by atoms with Crippen LogP contribution in [0.3, 0.4) is 0 Å². The number of likely N-dealkylation sites (N-methyl/N-ethyl adjacent to an activating group) is 1. The fraction of sp³-hybridized carbons (Fsp3) is 0.667. The summed E-state index contributed by atoms with van der Waals surface area (Å²) >= 11 is 0. The van der Waals surface area contributed by atoms with E-state index in [1.165, 1.54) is 0 Å². The van der Waals surface area contributed by atoms with Crippen molar-refractivity contribution in [2.45, 2.75) is 25.4 Å². The Morgan fingerprint density at radius 2 is 2.62 bits per heavy atom. The summed E-state index contributed by atoms with van der Waals surface area (Å²) in [5.74, 6) is 0. The highest BCUT2D eigenvalue weighted by Gasteiger charge is 2.32. The van der Waals surface area contributed by atoms with Crippen molar-refractivity contribution >= 4 is 0 Å². The summed E-state index contributed by atoms with van der Waals surface area (Å²) in [4.78, 5) is 2.39. The summed E-state index contributed by atoms with van der Waals surface area (Å²) in [5.41, 5.74) is 7.19. The van der Waals surface area contributed by atoms with Crippen LogP contribution < -0.4 is 5.73 Å². The average Bonchev–Trinajstić information content (AvgIpc) is 2.72. The molecule has 0 aromatic carbocycles. The second-order valence-corrected chi connectivity index (χ2v) is 3.54. The van der Waals surface area contributed by atoms with Gasteiger partial charge in [0.1, 0.15) is 0 Å². The number of aromatic nitrogens is 2. The number of hydrogen-bond donors (Lipinski definition) is 2. The van der Waals surface area contributed by atoms with Gasteiger partial charge in [-0.2, -0.15) is 5.10 Å². The molecular formula is C9H16N4. The molecule has 1 aliphatic rings. The Bertz CT molecular complexity index is 257. The molecule has 1 fully saturated rings. The molecule has 72 valence electrons. The van der Waals surface area contributed by atoms with Crippen LogP contribution in [-0.2, 0) is 0 Å². The van der Waals surface area contributed by atoms with Crippen molar-refractivity contribution in [2.75, 3.05) is 13.1 Å². The minimum Gasteiger partial charge on any atom is -0.326 e. The van der Waals surface area contributed by atoms with Crippen molar-refractivity contribution < 1.29 is 0 Å². The number of rotatable bonds is 2. The highest BCUT2D eigenvalue weighted by atomic mass is 15.2. The van der Waals surface area contributed by atoms with Gasteiger partial charge in [-0.3, -0.25) is 10.00 Å². The van der Waals surface area contributed by atoms with Crippen molar-refractivity contribution in [3.63, 3.8) is 0 Å². The molecule has 0 amide bonds. The molecule has 4 heteroatoms. The maximum Gasteiger partial charge on any atom is 0.0668 e. The summed E-state index contributed by atoms with van der Waals surface area (Å²) in [7, 11) is 0. The van der Waals surface area contributed by atoms with Gasteiger partial charge in [0, 0.05) is 18.8 Å². The lowest BCUT2D eigenvalue weighted by Gasteiger charge is -2.23. The Morgan fingerprint density at radius 1 is 1.77 bits per heavy atom. The minimum atomic E-state index is 0.250. The maximum absolute atomic E-state index is 6.05. The van der Waals surface area contributed by atoms with Crippen LogP contribution in [0, 0.1) is 0 Å². The Kier molecular flexibility index (Phi) is 2.33. The van der Waals surface area contributed by atoms with E-state index < -0.39 is 0 Å². The van der Waals surface area contributed by atoms with Crippen LogP contribution >= 0.6 is 0 Å². The van der Waals surface area contributed by atoms with Gasteiger partial charge in [0.05, 0.1) is 11.7 Å². The van der Waals surface area contributed by atoms with Crippen LogP contribution in [-0.4, -0.2) is 34.2 Å². The summed E-state index contributed by atoms with van der Waals surface area (Å²) in [6.45, 7) is 4.32. The Morgan fingerprint density at radius 3 is 3.23 bits per heavy atom. The molecule has 3 N–H and O–H groups in total. The van der Waals surface area contributed by atoms with Gasteiger partial charge in [-0.15, -0.1) is 0 Å². The minimum absolute atomic E-state index is 0.250. The monoisotopic (exact) mass is 180 g/mol. The number of nitrogens with two attached hydrogens (primary N) is 1. The molecule has 13 heavy (non-hydrogen) atoms. The van der Waals surface area contributed by atoms with Crippen molar-refractivity contribution in [1.29, 1.82) is 0 Å². The predicted molar refractivity (Wildman–Crippen MR) is 51.2 cm³/mol. The molecule has 2 rings (SSSR count). The Balaban J connectivity index is 2.20. The van der Waals surface area contributed by atoms with E-state index in [-0.39, 0.29) is 6.04 Å². The largest absolute Gasteiger partial charge is 0.326 e. The van der Waals surface area contributed by atoms with Crippen molar-refractivity contribution in [3.05, 3.63) is 18.0 Å². The summed E-state index contributed by atoms with van der Waals surface area (Å²) < 4.78 is 0. The molecule has 1 aromatic heterocycles. The predicted octanol–water partition coefficient (Wildman–Crippen LogP) is 0.504. The van der Waals surface area contributed by atoms with Gasteiger partial charge in [0.15, 0.2) is 0 Å². The molecule has 0 radical (unpaired) electrons. The van der Waals surface area contributed by atoms with Crippen LogP contribution in [0.1, 0.15) is 25.1 Å². The lowest BCUT2D eigenvalue weighted by molar-refractivity contribution is 0.256. The molecule has 0 bridgehead atoms. The number of nitrogens with one attached hydrogen (secondary N) is 1. The van der Waals surface area contributed by atoms with Crippen molar-refractivity contribution in [2.24, 2.45) is 5.73 Å². The quantitative estimate of drug-likeness (QED) is 0.697. The summed E-state index contributed by atoms with van der Waals surface area (Å²) in [6.07, 6.45) is 2.87. The van der Waals surface area contributed by atoms with Gasteiger partial charge in [0.25, 0.3) is 0 Å². The van der Waals surface area contributed by atoms with Gasteiger partial charge in [-0.05, 0) is 19.0 Å². The van der Waals surface area contributed by atoms with Crippen LogP contribution in [0.15, 0.2) is 12.3 Å². The van der Waals surface area contributed by atoms with E-state index >= 15 is 0 Å². The lowest BCUT2D eigenvalue weighted by Crippen LogP contribution is -2.31. The first-order chi connectivity index (χ1) is 6.33. The third-order valence-electron chi connectivity index (χ3n) is 2.80. The van der Waals surface area contributed by atoms with E-state index in [0.717, 1.165) is 25.2 Å². The topological polar surface area (TPSA) is 57.9 Å². The smallest absolute Gasteiger partial charge is 0.0668 e. The van der Waals surface area contributed by atoms with Gasteiger partial charge in [-0.25, -0.2) is 0 Å². The van der Waals surface area contributed by atoms with E-state index in [0.29, 0.717) is 6.04 Å². The van der Waals surface area contributed by atoms with E-state index in [9.17, 15) is 0 Å². The van der Waals surface area contributed by atoms with Crippen LogP contribution in [0.2, 0.25) is 0 Å². The standard InChI is InChI=1S/C9H16N4/c1-2-13-6-4-7(10)9(13)8-3-5-11-12-8/h3,5,7,9H,2,4,6,10H2,1H3,(H,11,12). The van der Waals surface area contributed by atoms with E-state index in [1.54, 1.807) is 6.20 Å². The molecule has 1 saturated heterocycles. The van der Waals surface area contributed by atoms with Crippen molar-refractivity contribution in [1.82, 2.24) is 15.1 Å². The zero-order valence-electron chi connectivity index (χ0n) is 7.90. The molecule has 2 atom stereocenters. The van der Waals surface area contributed by atoms with Gasteiger partial charge in [-0.1, -0.05) is 6.92 Å². The molecule has 2 unspecified atom stereocenters. The number of likely N-dealkylation sites (tertiary alicyclic amines) is 1. The third-order valence-corrected chi connectivity index (χ3v) is 2.80. The highest BCUT2D eigenvalue weighted by molar-refractivity contribution is 5.10. The zero-order valence-corrected chi connectivity index (χ0v) is 7.90. The number of H-pyrrole nitrogens is 1. The molecule has 0 aliphatic carbocycles. The highest BCUT2D eigenvalue weighted by Crippen LogP contribution is 2.28. The van der Waals surface area contributed by atoms with Crippen LogP contribution in [0.5, 0.6) is 0 Å². The zero-order chi connectivity index (χ0) is 9.26. The summed E-state index contributed by atoms with van der Waals surface area (Å²) in [6, 6.07) is 2.60. The molecule has 0 spiro atoms. The van der Waals surface area contributed by atoms with Gasteiger partial charge >= 0.3 is 0 Å². The van der Waals surface area contributed by atoms with Crippen molar-refractivity contribution in [3.8, 4) is 0 Å². The fourth-order valence-electron chi connectivity index (χ4n) is 2.10. The SMILES string of the molecule is CCN1CCC(N)C1c1ccn[nH]1. The first-order valence-electron chi connectivity index (χ1n) is 4.82. The van der Waals surface area contributed by atoms with Gasteiger partial charge in [0.2, 0.25) is 0 Å². The first kappa shape index (κ1) is 8.72. The Labute approximate surface area is 78.1 Å². The van der Waals surface area contributed by atoms with E-state index in [4.69, 9.17) is 5.73 Å². The molecule has 4 nitrogen and oxygen atoms in total. The maximum atomic E-state index is 6.05. The number of hydrogen-bond acceptors (Lipinski definition) is 3. The second-order valence-electron chi connectivity index (χ2n) is 3.54. The molecular weight excluding hydrogens is 164 g/mol. The lowest BCUT2D eigenvalue weighted by atomic mass is 10.1. The second kappa shape index (κ2) is 3.47. The van der Waals surface area contributed by atoms with E-state index in [1.807, 2.05) is 6.07 Å². The first-order valence-corrected chi connectivity index (χ1v) is 4.82. The van der Waals surface area contributed by atoms with Crippen LogP contribution in [0.4, 0.5) is 0 Å². The van der Waals surface area contributed by atoms with Crippen LogP contribution in [0.25, 0.3) is 0 Å².